The molecule has 1 aliphatic rings. The molecule has 60 valence electrons. The molecule has 1 unspecified atom stereocenters. The third-order valence-corrected chi connectivity index (χ3v) is 3.96. The molecule has 0 bridgehead atoms. The van der Waals surface area contributed by atoms with Crippen LogP contribution >= 0.6 is 21.7 Å². The second-order valence-corrected chi connectivity index (χ2v) is 4.65. The van der Waals surface area contributed by atoms with Crippen molar-refractivity contribution in [3.63, 3.8) is 0 Å². The topological polar surface area (TPSA) is 0 Å². The Balaban J connectivity index is 2.24. The van der Waals surface area contributed by atoms with Gasteiger partial charge >= 0.3 is 0 Å². The third-order valence-electron chi connectivity index (χ3n) is 2.45. The minimum Gasteiger partial charge on any atom is -0.0533 e. The van der Waals surface area contributed by atoms with Gasteiger partial charge in [0.2, 0.25) is 0 Å². The van der Waals surface area contributed by atoms with E-state index in [-0.39, 0.29) is 0 Å². The van der Waals surface area contributed by atoms with Gasteiger partial charge in [-0.25, -0.2) is 0 Å². The van der Waals surface area contributed by atoms with Crippen LogP contribution in [0.3, 0.4) is 0 Å². The van der Waals surface area contributed by atoms with E-state index in [2.05, 4.69) is 6.92 Å². The van der Waals surface area contributed by atoms with E-state index in [0.29, 0.717) is 5.25 Å². The molecule has 0 nitrogen and oxygen atoms in total. The van der Waals surface area contributed by atoms with Crippen molar-refractivity contribution in [3.8, 4) is 0 Å². The van der Waals surface area contributed by atoms with Gasteiger partial charge in [-0.05, 0) is 29.4 Å². The Morgan fingerprint density at radius 2 is 1.90 bits per heavy atom. The summed E-state index contributed by atoms with van der Waals surface area (Å²) in [4.78, 5) is 0. The Labute approximate surface area is 72.2 Å². The molecule has 0 radical (unpaired) electrons. The zero-order chi connectivity index (χ0) is 7.40. The van der Waals surface area contributed by atoms with Crippen molar-refractivity contribution in [1.29, 1.82) is 0 Å². The Morgan fingerprint density at radius 1 is 1.30 bits per heavy atom. The molecule has 1 atom stereocenters. The summed E-state index contributed by atoms with van der Waals surface area (Å²) in [6, 6.07) is 0. The van der Waals surface area contributed by atoms with Gasteiger partial charge in [-0.15, -0.1) is 0 Å². The van der Waals surface area contributed by atoms with E-state index in [1.54, 1.807) is 0 Å². The van der Waals surface area contributed by atoms with Gasteiger partial charge in [0.05, 0.1) is 0 Å². The summed E-state index contributed by atoms with van der Waals surface area (Å²) >= 11 is 0. The van der Waals surface area contributed by atoms with E-state index in [0.717, 1.165) is 5.92 Å². The number of hydrogen-bond acceptors (Lipinski definition) is 1. The van der Waals surface area contributed by atoms with Crippen molar-refractivity contribution in [2.75, 3.05) is 0 Å². The average Bonchev–Trinajstić information content (AvgIpc) is 2.05. The molecule has 0 saturated heterocycles. The highest BCUT2D eigenvalue weighted by Crippen LogP contribution is 2.33. The van der Waals surface area contributed by atoms with Gasteiger partial charge in [0.25, 0.3) is 0 Å². The molecule has 0 aromatic rings. The van der Waals surface area contributed by atoms with E-state index < -0.39 is 0 Å². The minimum absolute atomic E-state index is 0.668. The summed E-state index contributed by atoms with van der Waals surface area (Å²) in [7, 11) is 7.21. The molecule has 2 heteroatoms. The highest BCUT2D eigenvalue weighted by molar-refractivity contribution is 8.21. The maximum atomic E-state index is 5.70. The second-order valence-electron chi connectivity index (χ2n) is 3.19. The van der Waals surface area contributed by atoms with Crippen LogP contribution in [0.15, 0.2) is 0 Å². The first kappa shape index (κ1) is 8.73. The molecule has 1 fully saturated rings. The standard InChI is InChI=1S/C8H15ClS/c1-7(10-9)8-5-3-2-4-6-8/h7-8H,2-6H2,1H3. The Hall–Kier alpha value is 0.640. The van der Waals surface area contributed by atoms with Gasteiger partial charge in [-0.2, -0.15) is 0 Å². The fourth-order valence-electron chi connectivity index (χ4n) is 1.68. The molecular formula is C8H15ClS. The third kappa shape index (κ3) is 2.35. The second kappa shape index (κ2) is 4.50. The van der Waals surface area contributed by atoms with Crippen molar-refractivity contribution in [2.45, 2.75) is 44.3 Å². The first-order valence-electron chi connectivity index (χ1n) is 4.12. The van der Waals surface area contributed by atoms with Crippen molar-refractivity contribution in [1.82, 2.24) is 0 Å². The first-order chi connectivity index (χ1) is 4.84. The molecule has 0 spiro atoms. The average molecular weight is 179 g/mol. The summed E-state index contributed by atoms with van der Waals surface area (Å²) in [5.41, 5.74) is 0. The number of hydrogen-bond donors (Lipinski definition) is 0. The maximum absolute atomic E-state index is 5.70. The summed E-state index contributed by atoms with van der Waals surface area (Å²) < 4.78 is 0. The highest BCUT2D eigenvalue weighted by Gasteiger charge is 2.19. The smallest absolute Gasteiger partial charge is 0.0199 e. The van der Waals surface area contributed by atoms with Crippen LogP contribution in [0.25, 0.3) is 0 Å². The summed E-state index contributed by atoms with van der Waals surface area (Å²) in [5, 5.41) is 0.668. The van der Waals surface area contributed by atoms with Gasteiger partial charge in [-0.1, -0.05) is 37.2 Å². The molecule has 0 aliphatic heterocycles. The lowest BCUT2D eigenvalue weighted by Gasteiger charge is -2.25. The van der Waals surface area contributed by atoms with Gasteiger partial charge < -0.3 is 0 Å². The number of halogens is 1. The lowest BCUT2D eigenvalue weighted by molar-refractivity contribution is 0.357. The van der Waals surface area contributed by atoms with Crippen LogP contribution in [0.4, 0.5) is 0 Å². The van der Waals surface area contributed by atoms with E-state index in [1.165, 1.54) is 43.1 Å². The van der Waals surface area contributed by atoms with E-state index in [4.69, 9.17) is 10.7 Å². The van der Waals surface area contributed by atoms with Crippen LogP contribution in [0.1, 0.15) is 39.0 Å². The van der Waals surface area contributed by atoms with Crippen molar-refractivity contribution in [2.24, 2.45) is 5.92 Å². The Bertz CT molecular complexity index is 89.3. The summed E-state index contributed by atoms with van der Waals surface area (Å²) in [6.45, 7) is 2.24. The normalized spacial score (nSPS) is 24.6. The van der Waals surface area contributed by atoms with E-state index in [9.17, 15) is 0 Å². The van der Waals surface area contributed by atoms with Crippen LogP contribution in [0.5, 0.6) is 0 Å². The van der Waals surface area contributed by atoms with Crippen LogP contribution in [0, 0.1) is 5.92 Å². The van der Waals surface area contributed by atoms with Crippen LogP contribution in [-0.4, -0.2) is 5.25 Å². The zero-order valence-electron chi connectivity index (χ0n) is 6.48. The zero-order valence-corrected chi connectivity index (χ0v) is 8.05. The highest BCUT2D eigenvalue weighted by atomic mass is 35.7. The lowest BCUT2D eigenvalue weighted by atomic mass is 9.87. The lowest BCUT2D eigenvalue weighted by Crippen LogP contribution is -2.15. The molecule has 0 aromatic heterocycles. The predicted molar refractivity (Wildman–Crippen MR) is 49.5 cm³/mol. The van der Waals surface area contributed by atoms with Crippen molar-refractivity contribution < 1.29 is 0 Å². The maximum Gasteiger partial charge on any atom is 0.0199 e. The Morgan fingerprint density at radius 3 is 2.40 bits per heavy atom. The SMILES string of the molecule is CC(SCl)C1CCCCC1. The van der Waals surface area contributed by atoms with Crippen molar-refractivity contribution >= 4 is 21.7 Å². The Kier molecular flexibility index (Phi) is 3.93. The molecule has 1 aliphatic carbocycles. The minimum atomic E-state index is 0.668. The first-order valence-corrected chi connectivity index (χ1v) is 5.82. The van der Waals surface area contributed by atoms with Crippen molar-refractivity contribution in [3.05, 3.63) is 0 Å². The molecule has 0 aromatic carbocycles. The van der Waals surface area contributed by atoms with Crippen LogP contribution in [0.2, 0.25) is 0 Å². The summed E-state index contributed by atoms with van der Waals surface area (Å²) in [6.07, 6.45) is 7.09. The van der Waals surface area contributed by atoms with E-state index >= 15 is 0 Å². The fourth-order valence-corrected chi connectivity index (χ4v) is 2.53. The molecule has 1 saturated carbocycles. The van der Waals surface area contributed by atoms with Crippen LogP contribution in [-0.2, 0) is 0 Å². The molecule has 1 rings (SSSR count). The fraction of sp³-hybridized carbons (Fsp3) is 1.00. The molecule has 0 N–H and O–H groups in total. The quantitative estimate of drug-likeness (QED) is 0.619. The van der Waals surface area contributed by atoms with E-state index in [1.807, 2.05) is 0 Å². The number of rotatable bonds is 2. The van der Waals surface area contributed by atoms with Gasteiger partial charge in [0.1, 0.15) is 0 Å². The van der Waals surface area contributed by atoms with Gasteiger partial charge in [0.15, 0.2) is 0 Å². The molecule has 0 heterocycles. The predicted octanol–water partition coefficient (Wildman–Crippen LogP) is 3.84. The van der Waals surface area contributed by atoms with Gasteiger partial charge in [-0.3, -0.25) is 0 Å². The molecule has 0 amide bonds. The molecular weight excluding hydrogens is 164 g/mol. The molecule has 10 heavy (non-hydrogen) atoms. The van der Waals surface area contributed by atoms with Crippen LogP contribution < -0.4 is 0 Å². The largest absolute Gasteiger partial charge is 0.0533 e. The van der Waals surface area contributed by atoms with Gasteiger partial charge in [0, 0.05) is 5.25 Å². The monoisotopic (exact) mass is 178 g/mol. The summed E-state index contributed by atoms with van der Waals surface area (Å²) in [5.74, 6) is 0.899.